The molecule has 0 radical (unpaired) electrons. The van der Waals surface area contributed by atoms with Gasteiger partial charge in [-0.3, -0.25) is 4.98 Å². The molecule has 1 heterocycles. The van der Waals surface area contributed by atoms with Crippen LogP contribution < -0.4 is 11.1 Å². The predicted octanol–water partition coefficient (Wildman–Crippen LogP) is 2.97. The minimum Gasteiger partial charge on any atom is -0.370 e. The molecule has 21 heavy (non-hydrogen) atoms. The van der Waals surface area contributed by atoms with Gasteiger partial charge in [0.2, 0.25) is 0 Å². The fourth-order valence-electron chi connectivity index (χ4n) is 2.97. The number of aromatic nitrogens is 1. The van der Waals surface area contributed by atoms with Crippen LogP contribution in [-0.4, -0.2) is 17.0 Å². The van der Waals surface area contributed by atoms with E-state index in [2.05, 4.69) is 33.5 Å². The first-order chi connectivity index (χ1) is 10.3. The van der Waals surface area contributed by atoms with Crippen molar-refractivity contribution in [1.29, 1.82) is 0 Å². The van der Waals surface area contributed by atoms with Gasteiger partial charge in [0, 0.05) is 17.6 Å². The zero-order valence-electron chi connectivity index (χ0n) is 12.3. The van der Waals surface area contributed by atoms with Crippen LogP contribution in [0.15, 0.2) is 41.5 Å². The summed E-state index contributed by atoms with van der Waals surface area (Å²) in [5, 5.41) is 4.49. The summed E-state index contributed by atoms with van der Waals surface area (Å²) in [5.41, 5.74) is 8.14. The number of pyridine rings is 1. The van der Waals surface area contributed by atoms with Crippen molar-refractivity contribution in [2.75, 3.05) is 0 Å². The first-order valence-corrected chi connectivity index (χ1v) is 7.72. The lowest BCUT2D eigenvalue weighted by Gasteiger charge is -2.23. The van der Waals surface area contributed by atoms with Crippen LogP contribution in [0.25, 0.3) is 10.9 Å². The molecule has 0 saturated heterocycles. The highest BCUT2D eigenvalue weighted by atomic mass is 15.1. The second kappa shape index (κ2) is 6.57. The molecular formula is C17H22N4. The standard InChI is InChI=1S/C17H22N4/c18-17(21-15-9-2-1-3-10-15)20-12-14-7-4-6-13-8-5-11-19-16(13)14/h4-8,11,15H,1-3,9-10,12H2,(H3,18,20,21). The Balaban J connectivity index is 1.68. The van der Waals surface area contributed by atoms with Gasteiger partial charge in [-0.05, 0) is 24.5 Å². The summed E-state index contributed by atoms with van der Waals surface area (Å²) in [6.45, 7) is 0.569. The van der Waals surface area contributed by atoms with Gasteiger partial charge >= 0.3 is 0 Å². The first-order valence-electron chi connectivity index (χ1n) is 7.72. The lowest BCUT2D eigenvalue weighted by molar-refractivity contribution is 0.412. The monoisotopic (exact) mass is 282 g/mol. The number of benzene rings is 1. The zero-order valence-corrected chi connectivity index (χ0v) is 12.3. The van der Waals surface area contributed by atoms with Crippen molar-refractivity contribution in [3.8, 4) is 0 Å². The SMILES string of the molecule is NC(=NCc1cccc2cccnc12)NC1CCCCC1. The van der Waals surface area contributed by atoms with Gasteiger partial charge in [-0.25, -0.2) is 4.99 Å². The molecule has 1 aliphatic rings. The summed E-state index contributed by atoms with van der Waals surface area (Å²) in [7, 11) is 0. The van der Waals surface area contributed by atoms with Gasteiger partial charge in [-0.15, -0.1) is 0 Å². The molecule has 0 atom stereocenters. The molecule has 110 valence electrons. The summed E-state index contributed by atoms with van der Waals surface area (Å²) in [6.07, 6.45) is 8.14. The molecule has 3 N–H and O–H groups in total. The summed E-state index contributed by atoms with van der Waals surface area (Å²) in [6, 6.07) is 10.7. The Kier molecular flexibility index (Phi) is 4.34. The van der Waals surface area contributed by atoms with E-state index in [0.717, 1.165) is 16.5 Å². The highest BCUT2D eigenvalue weighted by molar-refractivity contribution is 5.82. The molecule has 1 aromatic heterocycles. The highest BCUT2D eigenvalue weighted by Gasteiger charge is 2.13. The van der Waals surface area contributed by atoms with Crippen molar-refractivity contribution in [2.45, 2.75) is 44.7 Å². The number of nitrogens with zero attached hydrogens (tertiary/aromatic N) is 2. The Bertz CT molecular complexity index is 624. The summed E-state index contributed by atoms with van der Waals surface area (Å²) in [5.74, 6) is 0.551. The number of hydrogen-bond donors (Lipinski definition) is 2. The normalized spacial score (nSPS) is 17.0. The lowest BCUT2D eigenvalue weighted by Crippen LogP contribution is -2.41. The van der Waals surface area contributed by atoms with Crippen LogP contribution in [0, 0.1) is 0 Å². The lowest BCUT2D eigenvalue weighted by atomic mass is 9.96. The maximum absolute atomic E-state index is 6.01. The quantitative estimate of drug-likeness (QED) is 0.672. The largest absolute Gasteiger partial charge is 0.370 e. The van der Waals surface area contributed by atoms with Crippen molar-refractivity contribution >= 4 is 16.9 Å². The van der Waals surface area contributed by atoms with E-state index >= 15 is 0 Å². The first kappa shape index (κ1) is 13.9. The van der Waals surface area contributed by atoms with E-state index in [1.54, 1.807) is 0 Å². The second-order valence-corrected chi connectivity index (χ2v) is 5.67. The van der Waals surface area contributed by atoms with E-state index in [9.17, 15) is 0 Å². The number of guanidine groups is 1. The number of rotatable bonds is 3. The fourth-order valence-corrected chi connectivity index (χ4v) is 2.97. The smallest absolute Gasteiger partial charge is 0.189 e. The highest BCUT2D eigenvalue weighted by Crippen LogP contribution is 2.18. The molecule has 0 spiro atoms. The van der Waals surface area contributed by atoms with Crippen molar-refractivity contribution in [1.82, 2.24) is 10.3 Å². The van der Waals surface area contributed by atoms with Gasteiger partial charge in [-0.2, -0.15) is 0 Å². The van der Waals surface area contributed by atoms with Crippen LogP contribution in [0.2, 0.25) is 0 Å². The molecule has 4 heteroatoms. The Morgan fingerprint density at radius 1 is 1.19 bits per heavy atom. The summed E-state index contributed by atoms with van der Waals surface area (Å²) < 4.78 is 0. The van der Waals surface area contributed by atoms with E-state index < -0.39 is 0 Å². The molecule has 1 aromatic carbocycles. The molecule has 1 saturated carbocycles. The van der Waals surface area contributed by atoms with Crippen LogP contribution in [0.5, 0.6) is 0 Å². The molecule has 0 unspecified atom stereocenters. The molecule has 1 fully saturated rings. The average molecular weight is 282 g/mol. The number of nitrogens with one attached hydrogen (secondary N) is 1. The molecular weight excluding hydrogens is 260 g/mol. The average Bonchev–Trinajstić information content (AvgIpc) is 2.54. The van der Waals surface area contributed by atoms with E-state index in [1.165, 1.54) is 32.1 Å². The van der Waals surface area contributed by atoms with Gasteiger partial charge in [0.15, 0.2) is 5.96 Å². The number of aliphatic imine (C=N–C) groups is 1. The molecule has 0 amide bonds. The van der Waals surface area contributed by atoms with Crippen molar-refractivity contribution < 1.29 is 0 Å². The third kappa shape index (κ3) is 3.51. The third-order valence-corrected chi connectivity index (χ3v) is 4.09. The minimum atomic E-state index is 0.494. The van der Waals surface area contributed by atoms with Crippen LogP contribution in [-0.2, 0) is 6.54 Å². The fraction of sp³-hybridized carbons (Fsp3) is 0.412. The van der Waals surface area contributed by atoms with Gasteiger partial charge < -0.3 is 11.1 Å². The van der Waals surface area contributed by atoms with E-state index in [4.69, 9.17) is 5.73 Å². The Labute approximate surface area is 125 Å². The molecule has 1 aliphatic carbocycles. The summed E-state index contributed by atoms with van der Waals surface area (Å²) in [4.78, 5) is 8.93. The topological polar surface area (TPSA) is 63.3 Å². The van der Waals surface area contributed by atoms with Gasteiger partial charge in [0.25, 0.3) is 0 Å². The predicted molar refractivity (Wildman–Crippen MR) is 87.1 cm³/mol. The van der Waals surface area contributed by atoms with Crippen LogP contribution in [0.4, 0.5) is 0 Å². The third-order valence-electron chi connectivity index (χ3n) is 4.09. The summed E-state index contributed by atoms with van der Waals surface area (Å²) >= 11 is 0. The number of fused-ring (bicyclic) bond motifs is 1. The van der Waals surface area contributed by atoms with Gasteiger partial charge in [0.05, 0.1) is 12.1 Å². The zero-order chi connectivity index (χ0) is 14.5. The van der Waals surface area contributed by atoms with Crippen molar-refractivity contribution in [2.24, 2.45) is 10.7 Å². The molecule has 0 aliphatic heterocycles. The van der Waals surface area contributed by atoms with Gasteiger partial charge in [-0.1, -0.05) is 43.5 Å². The maximum atomic E-state index is 6.01. The van der Waals surface area contributed by atoms with E-state index in [0.29, 0.717) is 18.5 Å². The van der Waals surface area contributed by atoms with E-state index in [1.807, 2.05) is 18.3 Å². The Morgan fingerprint density at radius 2 is 2.00 bits per heavy atom. The molecule has 3 rings (SSSR count). The number of para-hydroxylation sites is 1. The van der Waals surface area contributed by atoms with Crippen molar-refractivity contribution in [3.63, 3.8) is 0 Å². The Morgan fingerprint density at radius 3 is 2.86 bits per heavy atom. The minimum absolute atomic E-state index is 0.494. The van der Waals surface area contributed by atoms with E-state index in [-0.39, 0.29) is 0 Å². The van der Waals surface area contributed by atoms with Crippen LogP contribution >= 0.6 is 0 Å². The van der Waals surface area contributed by atoms with Crippen LogP contribution in [0.3, 0.4) is 0 Å². The number of nitrogens with two attached hydrogens (primary N) is 1. The molecule has 0 bridgehead atoms. The maximum Gasteiger partial charge on any atom is 0.189 e. The van der Waals surface area contributed by atoms with Crippen molar-refractivity contribution in [3.05, 3.63) is 42.1 Å². The number of hydrogen-bond acceptors (Lipinski definition) is 2. The Hall–Kier alpha value is -2.10. The molecule has 2 aromatic rings. The second-order valence-electron chi connectivity index (χ2n) is 5.67. The van der Waals surface area contributed by atoms with Crippen LogP contribution in [0.1, 0.15) is 37.7 Å². The van der Waals surface area contributed by atoms with Gasteiger partial charge in [0.1, 0.15) is 0 Å². The molecule has 4 nitrogen and oxygen atoms in total.